The van der Waals surface area contributed by atoms with Gasteiger partial charge >= 0.3 is 0 Å². The fraction of sp³-hybridized carbons (Fsp3) is 0.0294. The van der Waals surface area contributed by atoms with Gasteiger partial charge in [0.1, 0.15) is 33.5 Å². The Balaban J connectivity index is 0.000000108. The highest BCUT2D eigenvalue weighted by Crippen LogP contribution is 2.67. The first-order chi connectivity index (χ1) is 70.8. The maximum Gasteiger partial charge on any atom is 0.137 e. The summed E-state index contributed by atoms with van der Waals surface area (Å²) in [6.45, 7) is 0. The lowest BCUT2D eigenvalue weighted by Crippen LogP contribution is -2.28. The van der Waals surface area contributed by atoms with E-state index in [1.54, 1.807) is 0 Å². The zero-order valence-electron chi connectivity index (χ0n) is 77.9. The molecule has 0 saturated heterocycles. The minimum absolute atomic E-state index is 0.343. The van der Waals surface area contributed by atoms with E-state index >= 15 is 0 Å². The number of nitrogen functional groups attached to an aromatic ring is 1. The van der Waals surface area contributed by atoms with Crippen molar-refractivity contribution >= 4 is 116 Å². The molecule has 0 unspecified atom stereocenters. The lowest BCUT2D eigenvalue weighted by molar-refractivity contribution is 0.668. The van der Waals surface area contributed by atoms with Crippen LogP contribution in [0.3, 0.4) is 0 Å². The van der Waals surface area contributed by atoms with Gasteiger partial charge in [-0.25, -0.2) is 0 Å². The molecule has 3 N–H and O–H groups in total. The first-order valence-electron chi connectivity index (χ1n) is 49.0. The van der Waals surface area contributed by atoms with E-state index in [-0.39, 0.29) is 5.41 Å². The van der Waals surface area contributed by atoms with E-state index in [2.05, 4.69) is 493 Å². The Labute approximate surface area is 837 Å². The average Bonchev–Trinajstić information content (AvgIpc) is 1.50. The van der Waals surface area contributed by atoms with Gasteiger partial charge in [0.05, 0.1) is 49.5 Å². The third kappa shape index (κ3) is 12.7. The topological polar surface area (TPSA) is 80.7 Å². The summed E-state index contributed by atoms with van der Waals surface area (Å²) in [5, 5.41) is 10.6. The fourth-order valence-corrected chi connectivity index (χ4v) is 25.7. The van der Waals surface area contributed by atoms with Crippen LogP contribution in [0.25, 0.3) is 121 Å². The van der Waals surface area contributed by atoms with Crippen LogP contribution in [0.4, 0.5) is 34.1 Å². The molecule has 5 aliphatic carbocycles. The highest BCUT2D eigenvalue weighted by Gasteiger charge is 2.54. The van der Waals surface area contributed by atoms with Gasteiger partial charge in [-0.3, -0.25) is 0 Å². The van der Waals surface area contributed by atoms with Crippen molar-refractivity contribution in [2.75, 3.05) is 16.0 Å². The van der Waals surface area contributed by atoms with E-state index < -0.39 is 16.2 Å². The highest BCUT2D eigenvalue weighted by molar-refractivity contribution is 9.10. The van der Waals surface area contributed by atoms with Crippen LogP contribution < -0.4 is 16.0 Å². The van der Waals surface area contributed by atoms with Crippen molar-refractivity contribution in [3.05, 3.63) is 621 Å². The normalized spacial score (nSPS) is 13.6. The quantitative estimate of drug-likeness (QED) is 0.126. The van der Waals surface area contributed by atoms with Crippen LogP contribution in [0.15, 0.2) is 545 Å². The molecule has 7 heteroatoms. The number of benzene rings is 22. The number of nitrogens with zero attached hydrogens (tertiary/aromatic N) is 1. The van der Waals surface area contributed by atoms with Crippen molar-refractivity contribution in [2.24, 2.45) is 0 Å². The van der Waals surface area contributed by atoms with Crippen molar-refractivity contribution in [1.29, 1.82) is 0 Å². The molecule has 25 aromatic rings. The van der Waals surface area contributed by atoms with Crippen LogP contribution in [0, 0.1) is 0 Å². The summed E-state index contributed by atoms with van der Waals surface area (Å²) in [5.41, 5.74) is 49.4. The number of rotatable bonds is 11. The average molecular weight is 1890 g/mol. The van der Waals surface area contributed by atoms with Gasteiger partial charge in [-0.1, -0.05) is 459 Å². The van der Waals surface area contributed by atoms with Crippen molar-refractivity contribution in [3.63, 3.8) is 0 Å². The summed E-state index contributed by atoms with van der Waals surface area (Å²) in [5.74, 6) is 0. The molecular formula is C136H90BrN3O3. The molecule has 5 aliphatic rings. The summed E-state index contributed by atoms with van der Waals surface area (Å²) in [6.07, 6.45) is 0. The molecule has 3 heterocycles. The van der Waals surface area contributed by atoms with E-state index in [0.29, 0.717) is 0 Å². The van der Waals surface area contributed by atoms with Gasteiger partial charge in [-0.2, -0.15) is 0 Å². The SMILES string of the molecule is Brc1cccc2oc3ccccc3c12.Nc1cccc2c1-c1ccccc1C2(c1ccccc1)c1ccccc1.c1ccc(C2(c3ccccc3)c3ccccc3-c3c(N(c4ccc5c(c4)C4(c6ccccc6-c6ccccc64)c4ccccc4-5)c4cccc5oc6ccccc6c45)cccc32)cc1.c1ccc(C2(c3ccccc3)c3ccccc3-c3c(Nc4cccc5oc6ccccc6c45)cccc32)cc1. The minimum atomic E-state index is -0.550. The number of anilines is 6. The zero-order valence-corrected chi connectivity index (χ0v) is 79.4. The zero-order chi connectivity index (χ0) is 94.9. The summed E-state index contributed by atoms with van der Waals surface area (Å²) >= 11 is 3.54. The Morgan fingerprint density at radius 2 is 0.497 bits per heavy atom. The summed E-state index contributed by atoms with van der Waals surface area (Å²) in [7, 11) is 0. The van der Waals surface area contributed by atoms with Gasteiger partial charge in [-0.05, 0) is 213 Å². The van der Waals surface area contributed by atoms with Crippen molar-refractivity contribution < 1.29 is 13.3 Å². The lowest BCUT2D eigenvalue weighted by Gasteiger charge is -2.35. The number of nitrogens with one attached hydrogen (secondary N) is 1. The van der Waals surface area contributed by atoms with Crippen molar-refractivity contribution in [3.8, 4) is 55.6 Å². The van der Waals surface area contributed by atoms with E-state index in [1.807, 2.05) is 60.7 Å². The first kappa shape index (κ1) is 84.4. The van der Waals surface area contributed by atoms with Gasteiger partial charge < -0.3 is 29.2 Å². The van der Waals surface area contributed by atoms with Crippen LogP contribution in [0.2, 0.25) is 0 Å². The smallest absolute Gasteiger partial charge is 0.137 e. The molecule has 0 amide bonds. The van der Waals surface area contributed by atoms with Crippen molar-refractivity contribution in [2.45, 2.75) is 21.7 Å². The van der Waals surface area contributed by atoms with E-state index in [4.69, 9.17) is 19.0 Å². The molecule has 6 nitrogen and oxygen atoms in total. The second-order valence-corrected chi connectivity index (χ2v) is 38.4. The molecule has 0 aliphatic heterocycles. The standard InChI is InChI=1S/C62H39NO.C37H25NO.C25H19N.C12H7BrO/c1-3-19-40(20-4-1)61(41-21-5-2-6-22-41)52-31-15-10-26-47(52)59-53(61)32-17-33-55(59)63(56-34-18-36-58-60(56)48-27-11-16-35-57(48)64-58)42-37-38-46-45-25-9-14-30-51(45)62(54(46)39-42)49-28-12-7-23-43(49)44-24-8-13-29-50(44)62;1-3-13-25(14-4-1)37(26-15-5-2-6-16-26)29-19-9-7-17-27(29)35-30(37)20-11-21-31(35)38-32-22-12-24-34-36(32)28-18-8-10-23-33(28)39-34;26-23-17-9-16-22-24(23)20-14-7-8-15-21(20)25(22,18-10-3-1-4-11-18)19-12-5-2-6-13-19;13-9-5-3-7-11-12(9)8-4-1-2-6-10(8)14-11/h1-39H;1-24,38H;1-17H,26H2;1-7H. The van der Waals surface area contributed by atoms with Gasteiger partial charge in [0.2, 0.25) is 0 Å². The van der Waals surface area contributed by atoms with Crippen molar-refractivity contribution in [1.82, 2.24) is 0 Å². The Kier molecular flexibility index (Phi) is 20.1. The summed E-state index contributed by atoms with van der Waals surface area (Å²) in [6, 6.07) is 190. The van der Waals surface area contributed by atoms with Gasteiger partial charge in [0.25, 0.3) is 0 Å². The van der Waals surface area contributed by atoms with Crippen LogP contribution in [-0.2, 0) is 21.7 Å². The Morgan fingerprint density at radius 3 is 0.958 bits per heavy atom. The minimum Gasteiger partial charge on any atom is -0.456 e. The van der Waals surface area contributed by atoms with E-state index in [1.165, 1.54) is 139 Å². The molecule has 0 radical (unpaired) electrons. The predicted octanol–water partition coefficient (Wildman–Crippen LogP) is 35.4. The number of fused-ring (bicyclic) bond motifs is 28. The monoisotopic (exact) mass is 1890 g/mol. The van der Waals surface area contributed by atoms with Gasteiger partial charge in [0, 0.05) is 59.8 Å². The van der Waals surface area contributed by atoms with Crippen LogP contribution >= 0.6 is 15.9 Å². The summed E-state index contributed by atoms with van der Waals surface area (Å²) < 4.78 is 19.6. The second-order valence-electron chi connectivity index (χ2n) is 37.6. The summed E-state index contributed by atoms with van der Waals surface area (Å²) in [4.78, 5) is 2.54. The van der Waals surface area contributed by atoms with E-state index in [0.717, 1.165) is 110 Å². The molecule has 0 atom stereocenters. The van der Waals surface area contributed by atoms with Crippen LogP contribution in [0.5, 0.6) is 0 Å². The maximum atomic E-state index is 6.66. The number of para-hydroxylation sites is 3. The molecule has 1 spiro atoms. The van der Waals surface area contributed by atoms with Gasteiger partial charge in [0.15, 0.2) is 0 Å². The largest absolute Gasteiger partial charge is 0.456 e. The first-order valence-corrected chi connectivity index (χ1v) is 49.8. The molecule has 22 aromatic carbocycles. The maximum absolute atomic E-state index is 6.66. The molecule has 3 aromatic heterocycles. The number of halogens is 1. The fourth-order valence-electron chi connectivity index (χ4n) is 25.1. The highest BCUT2D eigenvalue weighted by atomic mass is 79.9. The third-order valence-electron chi connectivity index (χ3n) is 30.6. The Morgan fingerprint density at radius 1 is 0.203 bits per heavy atom. The molecule has 143 heavy (non-hydrogen) atoms. The molecule has 30 rings (SSSR count). The third-order valence-corrected chi connectivity index (χ3v) is 31.2. The molecule has 0 bridgehead atoms. The number of hydrogen-bond acceptors (Lipinski definition) is 6. The number of hydrogen-bond donors (Lipinski definition) is 2. The molecule has 674 valence electrons. The number of furan rings is 3. The predicted molar refractivity (Wildman–Crippen MR) is 592 cm³/mol. The van der Waals surface area contributed by atoms with Crippen LogP contribution in [-0.4, -0.2) is 0 Å². The van der Waals surface area contributed by atoms with E-state index in [9.17, 15) is 0 Å². The number of nitrogens with two attached hydrogens (primary N) is 1. The lowest BCUT2D eigenvalue weighted by atomic mass is 9.68. The molecule has 0 fully saturated rings. The molecular weight excluding hydrogens is 1800 g/mol. The van der Waals surface area contributed by atoms with Gasteiger partial charge in [-0.15, -0.1) is 0 Å². The second kappa shape index (κ2) is 34.0. The Hall–Kier alpha value is -17.9. The Bertz CT molecular complexity index is 9130. The molecule has 0 saturated carbocycles. The van der Waals surface area contributed by atoms with Crippen LogP contribution in [0.1, 0.15) is 89.0 Å².